The van der Waals surface area contributed by atoms with E-state index in [-0.39, 0.29) is 0 Å². The molecule has 104 valence electrons. The quantitative estimate of drug-likeness (QED) is 0.823. The number of piperidine rings is 1. The summed E-state index contributed by atoms with van der Waals surface area (Å²) in [5, 5.41) is 3.42. The third kappa shape index (κ3) is 3.88. The van der Waals surface area contributed by atoms with Gasteiger partial charge in [-0.15, -0.1) is 0 Å². The zero-order valence-electron chi connectivity index (χ0n) is 11.6. The minimum absolute atomic E-state index is 0.357. The molecule has 1 aromatic heterocycles. The van der Waals surface area contributed by atoms with Crippen LogP contribution in [0.2, 0.25) is 0 Å². The second-order valence-electron chi connectivity index (χ2n) is 5.76. The molecule has 19 heavy (non-hydrogen) atoms. The summed E-state index contributed by atoms with van der Waals surface area (Å²) in [6.45, 7) is 5.65. The Morgan fingerprint density at radius 2 is 2.16 bits per heavy atom. The Morgan fingerprint density at radius 1 is 1.47 bits per heavy atom. The highest BCUT2D eigenvalue weighted by atomic mass is 32.1. The molecule has 4 nitrogen and oxygen atoms in total. The molecule has 1 aliphatic rings. The van der Waals surface area contributed by atoms with Crippen molar-refractivity contribution in [3.8, 4) is 0 Å². The van der Waals surface area contributed by atoms with Crippen molar-refractivity contribution in [2.24, 2.45) is 11.1 Å². The number of nitrogens with two attached hydrogens (primary N) is 1. The number of pyridine rings is 1. The maximum atomic E-state index is 5.56. The number of rotatable bonds is 4. The summed E-state index contributed by atoms with van der Waals surface area (Å²) in [5.74, 6) is 0.889. The Balaban J connectivity index is 1.89. The average molecular weight is 278 g/mol. The third-order valence-electron chi connectivity index (χ3n) is 3.94. The van der Waals surface area contributed by atoms with Gasteiger partial charge < -0.3 is 16.0 Å². The Labute approximate surface area is 120 Å². The molecule has 5 heteroatoms. The van der Waals surface area contributed by atoms with E-state index in [9.17, 15) is 0 Å². The van der Waals surface area contributed by atoms with Gasteiger partial charge in [0.05, 0.1) is 0 Å². The normalized spacial score (nSPS) is 19.1. The molecule has 0 saturated carbocycles. The number of thiocarbonyl (C=S) groups is 1. The molecule has 1 aromatic rings. The van der Waals surface area contributed by atoms with Crippen molar-refractivity contribution in [2.45, 2.75) is 19.8 Å². The summed E-state index contributed by atoms with van der Waals surface area (Å²) in [7, 11) is 2.18. The zero-order chi connectivity index (χ0) is 13.9. The van der Waals surface area contributed by atoms with Crippen molar-refractivity contribution in [3.63, 3.8) is 0 Å². The van der Waals surface area contributed by atoms with Gasteiger partial charge in [0.25, 0.3) is 0 Å². The smallest absolute Gasteiger partial charge is 0.125 e. The van der Waals surface area contributed by atoms with Crippen LogP contribution in [0.25, 0.3) is 0 Å². The maximum Gasteiger partial charge on any atom is 0.125 e. The minimum Gasteiger partial charge on any atom is -0.389 e. The van der Waals surface area contributed by atoms with Crippen molar-refractivity contribution >= 4 is 23.0 Å². The highest BCUT2D eigenvalue weighted by Gasteiger charge is 2.28. The fourth-order valence-electron chi connectivity index (χ4n) is 2.28. The first kappa shape index (κ1) is 14.2. The van der Waals surface area contributed by atoms with Gasteiger partial charge in [0.2, 0.25) is 0 Å². The molecule has 0 unspecified atom stereocenters. The molecule has 2 rings (SSSR count). The number of anilines is 1. The van der Waals surface area contributed by atoms with Crippen LogP contribution in [-0.2, 0) is 0 Å². The van der Waals surface area contributed by atoms with E-state index >= 15 is 0 Å². The van der Waals surface area contributed by atoms with Crippen LogP contribution in [0, 0.1) is 5.41 Å². The summed E-state index contributed by atoms with van der Waals surface area (Å²) < 4.78 is 0. The van der Waals surface area contributed by atoms with E-state index in [0.29, 0.717) is 10.4 Å². The van der Waals surface area contributed by atoms with Crippen LogP contribution in [0.15, 0.2) is 18.3 Å². The lowest BCUT2D eigenvalue weighted by molar-refractivity contribution is 0.150. The molecule has 0 atom stereocenters. The van der Waals surface area contributed by atoms with Crippen LogP contribution in [-0.4, -0.2) is 41.6 Å². The molecule has 1 aliphatic heterocycles. The lowest BCUT2D eigenvalue weighted by Gasteiger charge is -2.38. The molecule has 0 bridgehead atoms. The SMILES string of the molecule is CN1CCC(C)(CNc2ccc(C(N)=S)cn2)CC1. The number of hydrogen-bond acceptors (Lipinski definition) is 4. The first-order valence-electron chi connectivity index (χ1n) is 6.67. The van der Waals surface area contributed by atoms with E-state index in [1.807, 2.05) is 12.1 Å². The van der Waals surface area contributed by atoms with Crippen molar-refractivity contribution in [3.05, 3.63) is 23.9 Å². The molecule has 0 spiro atoms. The van der Waals surface area contributed by atoms with E-state index in [2.05, 4.69) is 29.2 Å². The number of nitrogens with zero attached hydrogens (tertiary/aromatic N) is 2. The first-order valence-corrected chi connectivity index (χ1v) is 7.08. The molecule has 0 aromatic carbocycles. The third-order valence-corrected chi connectivity index (χ3v) is 4.17. The van der Waals surface area contributed by atoms with E-state index in [1.165, 1.54) is 25.9 Å². The number of likely N-dealkylation sites (tertiary alicyclic amines) is 1. The molecule has 0 aliphatic carbocycles. The minimum atomic E-state index is 0.357. The Bertz CT molecular complexity index is 435. The van der Waals surface area contributed by atoms with Crippen molar-refractivity contribution in [2.75, 3.05) is 32.0 Å². The predicted octanol–water partition coefficient (Wildman–Crippen LogP) is 1.86. The highest BCUT2D eigenvalue weighted by molar-refractivity contribution is 7.80. The van der Waals surface area contributed by atoms with Gasteiger partial charge >= 0.3 is 0 Å². The van der Waals surface area contributed by atoms with Gasteiger partial charge in [0.1, 0.15) is 10.8 Å². The topological polar surface area (TPSA) is 54.2 Å². The molecule has 1 saturated heterocycles. The summed E-state index contributed by atoms with van der Waals surface area (Å²) >= 11 is 4.91. The number of nitrogens with one attached hydrogen (secondary N) is 1. The fraction of sp³-hybridized carbons (Fsp3) is 0.571. The van der Waals surface area contributed by atoms with Gasteiger partial charge in [0, 0.05) is 18.3 Å². The Morgan fingerprint density at radius 3 is 2.68 bits per heavy atom. The fourth-order valence-corrected chi connectivity index (χ4v) is 2.40. The van der Waals surface area contributed by atoms with Gasteiger partial charge in [-0.1, -0.05) is 19.1 Å². The molecule has 2 heterocycles. The second-order valence-corrected chi connectivity index (χ2v) is 6.20. The van der Waals surface area contributed by atoms with Crippen LogP contribution in [0.4, 0.5) is 5.82 Å². The Hall–Kier alpha value is -1.20. The second kappa shape index (κ2) is 5.84. The predicted molar refractivity (Wildman–Crippen MR) is 83.5 cm³/mol. The van der Waals surface area contributed by atoms with E-state index in [1.54, 1.807) is 6.20 Å². The van der Waals surface area contributed by atoms with E-state index in [0.717, 1.165) is 17.9 Å². The molecule has 0 radical (unpaired) electrons. The zero-order valence-corrected chi connectivity index (χ0v) is 12.5. The van der Waals surface area contributed by atoms with Gasteiger partial charge in [-0.05, 0) is 50.5 Å². The average Bonchev–Trinajstić information content (AvgIpc) is 2.41. The largest absolute Gasteiger partial charge is 0.389 e. The van der Waals surface area contributed by atoms with Crippen molar-refractivity contribution < 1.29 is 0 Å². The molecule has 1 fully saturated rings. The molecule has 0 amide bonds. The maximum absolute atomic E-state index is 5.56. The Kier molecular flexibility index (Phi) is 4.37. The molecule has 3 N–H and O–H groups in total. The van der Waals surface area contributed by atoms with E-state index < -0.39 is 0 Å². The van der Waals surface area contributed by atoms with Gasteiger partial charge in [0.15, 0.2) is 0 Å². The monoisotopic (exact) mass is 278 g/mol. The van der Waals surface area contributed by atoms with Crippen LogP contribution >= 0.6 is 12.2 Å². The van der Waals surface area contributed by atoms with Crippen LogP contribution in [0.3, 0.4) is 0 Å². The standard InChI is InChI=1S/C14H22N4S/c1-14(5-7-18(2)8-6-14)10-17-12-4-3-11(9-16-12)13(15)19/h3-4,9H,5-8,10H2,1-2H3,(H2,15,19)(H,16,17). The lowest BCUT2D eigenvalue weighted by atomic mass is 9.80. The summed E-state index contributed by atoms with van der Waals surface area (Å²) in [4.78, 5) is 7.12. The summed E-state index contributed by atoms with van der Waals surface area (Å²) in [6.07, 6.45) is 4.17. The summed E-state index contributed by atoms with van der Waals surface area (Å²) in [5.41, 5.74) is 6.72. The number of hydrogen-bond donors (Lipinski definition) is 2. The van der Waals surface area contributed by atoms with Crippen LogP contribution < -0.4 is 11.1 Å². The summed E-state index contributed by atoms with van der Waals surface area (Å²) in [6, 6.07) is 3.85. The van der Waals surface area contributed by atoms with Crippen molar-refractivity contribution in [1.29, 1.82) is 0 Å². The van der Waals surface area contributed by atoms with Crippen LogP contribution in [0.5, 0.6) is 0 Å². The van der Waals surface area contributed by atoms with Gasteiger partial charge in [-0.3, -0.25) is 0 Å². The number of aromatic nitrogens is 1. The van der Waals surface area contributed by atoms with Crippen LogP contribution in [0.1, 0.15) is 25.3 Å². The van der Waals surface area contributed by atoms with E-state index in [4.69, 9.17) is 18.0 Å². The van der Waals surface area contributed by atoms with Gasteiger partial charge in [-0.2, -0.15) is 0 Å². The molecular formula is C14H22N4S. The molecular weight excluding hydrogens is 256 g/mol. The highest BCUT2D eigenvalue weighted by Crippen LogP contribution is 2.30. The van der Waals surface area contributed by atoms with Crippen molar-refractivity contribution in [1.82, 2.24) is 9.88 Å². The lowest BCUT2D eigenvalue weighted by Crippen LogP contribution is -2.40. The first-order chi connectivity index (χ1) is 8.98. The van der Waals surface area contributed by atoms with Gasteiger partial charge in [-0.25, -0.2) is 4.98 Å².